The third-order valence-electron chi connectivity index (χ3n) is 7.18. The van der Waals surface area contributed by atoms with Gasteiger partial charge in [-0.25, -0.2) is 9.59 Å². The molecule has 17 heteroatoms. The van der Waals surface area contributed by atoms with Crippen LogP contribution in [0.3, 0.4) is 0 Å². The second-order valence-electron chi connectivity index (χ2n) is 9.87. The number of thioether (sulfide) groups is 1. The van der Waals surface area contributed by atoms with Gasteiger partial charge in [-0.3, -0.25) is 29.4 Å². The molecule has 0 saturated carbocycles. The summed E-state index contributed by atoms with van der Waals surface area (Å²) < 4.78 is 0. The number of non-ortho nitro benzene ring substituents is 1. The number of nitro groups is 1. The summed E-state index contributed by atoms with van der Waals surface area (Å²) in [5.74, 6) is -4.14. The summed E-state index contributed by atoms with van der Waals surface area (Å²) in [4.78, 5) is 82.0. The average molecular weight is 612 g/mol. The van der Waals surface area contributed by atoms with Gasteiger partial charge in [0, 0.05) is 37.4 Å². The molecule has 0 bridgehead atoms. The normalized spacial score (nSPS) is 22.8. The van der Waals surface area contributed by atoms with E-state index in [0.29, 0.717) is 16.3 Å². The molecule has 0 aliphatic carbocycles. The molecular weight excluding hydrogens is 586 g/mol. The van der Waals surface area contributed by atoms with Crippen LogP contribution in [0.15, 0.2) is 63.6 Å². The molecule has 0 spiro atoms. The summed E-state index contributed by atoms with van der Waals surface area (Å²) in [5, 5.41) is 27.7. The molecule has 0 unspecified atom stereocenters. The molecule has 43 heavy (non-hydrogen) atoms. The number of nitro benzene ring substituents is 1. The molecular formula is C26H25N7O9S. The van der Waals surface area contributed by atoms with Crippen molar-refractivity contribution in [2.45, 2.75) is 38.3 Å². The van der Waals surface area contributed by atoms with Gasteiger partial charge in [0.25, 0.3) is 23.4 Å². The van der Waals surface area contributed by atoms with Crippen LogP contribution in [0.1, 0.15) is 26.2 Å². The number of oxime groups is 1. The molecule has 1 aromatic carbocycles. The van der Waals surface area contributed by atoms with Crippen LogP contribution in [-0.4, -0.2) is 79.8 Å². The Balaban J connectivity index is 1.34. The fraction of sp³-hybridized carbons (Fsp3) is 0.308. The van der Waals surface area contributed by atoms with Gasteiger partial charge in [-0.15, -0.1) is 0 Å². The smallest absolute Gasteiger partial charge is 0.352 e. The predicted molar refractivity (Wildman–Crippen MR) is 150 cm³/mol. The minimum absolute atomic E-state index is 0.167. The van der Waals surface area contributed by atoms with Crippen molar-refractivity contribution in [3.05, 3.63) is 68.5 Å². The van der Waals surface area contributed by atoms with Crippen molar-refractivity contribution < 1.29 is 38.8 Å². The molecule has 224 valence electrons. The topological polar surface area (TPSA) is 218 Å². The number of allylic oxidation sites excluding steroid dienone is 2. The number of rotatable bonds is 6. The van der Waals surface area contributed by atoms with Crippen LogP contribution in [0.2, 0.25) is 0 Å². The predicted octanol–water partition coefficient (Wildman–Crippen LogP) is 0.727. The molecule has 2 atom stereocenters. The van der Waals surface area contributed by atoms with E-state index in [1.807, 2.05) is 0 Å². The van der Waals surface area contributed by atoms with Crippen molar-refractivity contribution in [3.63, 3.8) is 0 Å². The molecule has 0 radical (unpaired) electrons. The highest BCUT2D eigenvalue weighted by atomic mass is 32.2. The SMILES string of the molecule is CC(=O)O/N=C(\C(=O)N[C@@H]1C(=O)N2C(C(=O)O)=C(C=C3CCN(c4cccc([N+](=O)[O-])c4)C3=O)CC[C@H]12)N1C=C(N)SC1. The summed E-state index contributed by atoms with van der Waals surface area (Å²) in [6.45, 7) is 1.35. The van der Waals surface area contributed by atoms with E-state index < -0.39 is 46.7 Å². The Kier molecular flexibility index (Phi) is 7.90. The van der Waals surface area contributed by atoms with Gasteiger partial charge in [-0.05, 0) is 37.0 Å². The van der Waals surface area contributed by atoms with E-state index in [1.165, 1.54) is 52.0 Å². The molecule has 5 rings (SSSR count). The van der Waals surface area contributed by atoms with E-state index in [2.05, 4.69) is 15.3 Å². The zero-order valence-corrected chi connectivity index (χ0v) is 23.4. The number of nitrogens with one attached hydrogen (secondary N) is 1. The van der Waals surface area contributed by atoms with Gasteiger partial charge in [0.1, 0.15) is 11.7 Å². The minimum Gasteiger partial charge on any atom is -0.477 e. The van der Waals surface area contributed by atoms with Gasteiger partial charge in [0.15, 0.2) is 0 Å². The zero-order chi connectivity index (χ0) is 31.0. The number of nitrogens with two attached hydrogens (primary N) is 1. The van der Waals surface area contributed by atoms with Gasteiger partial charge in [-0.1, -0.05) is 23.0 Å². The molecule has 1 aromatic rings. The largest absolute Gasteiger partial charge is 0.477 e. The Morgan fingerprint density at radius 3 is 2.70 bits per heavy atom. The first-order valence-corrected chi connectivity index (χ1v) is 13.9. The standard InChI is InChI=1S/C26H25N7O9S/c1-13(34)42-29-22(30-11-19(27)43-12-30)23(35)28-20-18-6-5-14(21(26(38)39)32(18)25(20)37)9-15-7-8-31(24(15)36)16-3-2-4-17(10-16)33(40)41/h2-4,9-11,18,20H,5-8,12,27H2,1H3,(H,28,35)(H,38,39)/b15-9?,29-22+/t18-,20+/m1/s1. The van der Waals surface area contributed by atoms with Gasteiger partial charge in [-0.2, -0.15) is 0 Å². The number of carboxylic acid groups (broad SMARTS) is 1. The van der Waals surface area contributed by atoms with Crippen LogP contribution in [0.25, 0.3) is 0 Å². The number of carbonyl (C=O) groups is 5. The van der Waals surface area contributed by atoms with E-state index in [1.54, 1.807) is 6.07 Å². The van der Waals surface area contributed by atoms with E-state index >= 15 is 0 Å². The number of carboxylic acids is 1. The zero-order valence-electron chi connectivity index (χ0n) is 22.6. The minimum atomic E-state index is -1.37. The number of hydrogen-bond acceptors (Lipinski definition) is 11. The van der Waals surface area contributed by atoms with Crippen LogP contribution in [0.5, 0.6) is 0 Å². The lowest BCUT2D eigenvalue weighted by atomic mass is 9.83. The molecule has 2 fully saturated rings. The fourth-order valence-electron chi connectivity index (χ4n) is 5.24. The maximum absolute atomic E-state index is 13.2. The van der Waals surface area contributed by atoms with E-state index in [9.17, 15) is 39.2 Å². The quantitative estimate of drug-likeness (QED) is 0.0771. The third-order valence-corrected chi connectivity index (χ3v) is 8.02. The van der Waals surface area contributed by atoms with Crippen molar-refractivity contribution in [3.8, 4) is 0 Å². The average Bonchev–Trinajstić information content (AvgIpc) is 3.56. The van der Waals surface area contributed by atoms with Crippen molar-refractivity contribution in [1.82, 2.24) is 15.1 Å². The number of benzene rings is 1. The van der Waals surface area contributed by atoms with Crippen molar-refractivity contribution >= 4 is 58.6 Å². The molecule has 4 heterocycles. The van der Waals surface area contributed by atoms with Gasteiger partial charge in [0.2, 0.25) is 5.84 Å². The maximum Gasteiger partial charge on any atom is 0.352 e. The van der Waals surface area contributed by atoms with Crippen LogP contribution < -0.4 is 16.0 Å². The maximum atomic E-state index is 13.2. The van der Waals surface area contributed by atoms with E-state index in [4.69, 9.17) is 5.73 Å². The summed E-state index contributed by atoms with van der Waals surface area (Å²) in [6, 6.07) is 3.92. The second-order valence-corrected chi connectivity index (χ2v) is 10.9. The molecule has 4 N–H and O–H groups in total. The first kappa shape index (κ1) is 29.3. The summed E-state index contributed by atoms with van der Waals surface area (Å²) in [5.41, 5.74) is 6.23. The van der Waals surface area contributed by atoms with E-state index in [0.717, 1.165) is 11.8 Å². The number of amides is 3. The number of aliphatic carboxylic acids is 1. The molecule has 0 aromatic heterocycles. The molecule has 2 saturated heterocycles. The van der Waals surface area contributed by atoms with Gasteiger partial charge >= 0.3 is 11.9 Å². The Labute approximate surface area is 247 Å². The Bertz CT molecular complexity index is 1580. The lowest BCUT2D eigenvalue weighted by Crippen LogP contribution is -2.72. The number of β-lactam (4-membered cyclic amide) rings is 1. The van der Waals surface area contributed by atoms with Crippen molar-refractivity contribution in [1.29, 1.82) is 0 Å². The third kappa shape index (κ3) is 5.66. The lowest BCUT2D eigenvalue weighted by Gasteiger charge is -2.50. The second kappa shape index (κ2) is 11.6. The fourth-order valence-corrected chi connectivity index (χ4v) is 5.93. The summed E-state index contributed by atoms with van der Waals surface area (Å²) in [7, 11) is 0. The first-order chi connectivity index (χ1) is 20.5. The van der Waals surface area contributed by atoms with Crippen molar-refractivity contribution in [2.24, 2.45) is 10.9 Å². The molecule has 3 amide bonds. The summed E-state index contributed by atoms with van der Waals surface area (Å²) in [6.07, 6.45) is 3.65. The molecule has 16 nitrogen and oxygen atoms in total. The Morgan fingerprint density at radius 1 is 1.28 bits per heavy atom. The summed E-state index contributed by atoms with van der Waals surface area (Å²) >= 11 is 1.22. The lowest BCUT2D eigenvalue weighted by molar-refractivity contribution is -0.384. The van der Waals surface area contributed by atoms with E-state index in [-0.39, 0.29) is 54.5 Å². The van der Waals surface area contributed by atoms with Crippen molar-refractivity contribution in [2.75, 3.05) is 17.3 Å². The Morgan fingerprint density at radius 2 is 2.05 bits per heavy atom. The van der Waals surface area contributed by atoms with Crippen LogP contribution in [0, 0.1) is 10.1 Å². The highest BCUT2D eigenvalue weighted by Crippen LogP contribution is 2.38. The molecule has 4 aliphatic heterocycles. The number of hydrogen-bond donors (Lipinski definition) is 3. The number of carbonyl (C=O) groups excluding carboxylic acids is 4. The van der Waals surface area contributed by atoms with Gasteiger partial charge < -0.3 is 30.8 Å². The number of amidine groups is 1. The first-order valence-electron chi connectivity index (χ1n) is 13.0. The highest BCUT2D eigenvalue weighted by molar-refractivity contribution is 8.03. The Hall–Kier alpha value is -5.19. The number of anilines is 1. The monoisotopic (exact) mass is 611 g/mol. The number of fused-ring (bicyclic) bond motifs is 1. The van der Waals surface area contributed by atoms with Crippen LogP contribution in [0.4, 0.5) is 11.4 Å². The molecule has 4 aliphatic rings. The number of nitrogens with zero attached hydrogens (tertiary/aromatic N) is 5. The highest BCUT2D eigenvalue weighted by Gasteiger charge is 2.53. The van der Waals surface area contributed by atoms with Gasteiger partial charge in [0.05, 0.1) is 27.6 Å². The van der Waals surface area contributed by atoms with Crippen LogP contribution in [-0.2, 0) is 28.8 Å². The van der Waals surface area contributed by atoms with Crippen LogP contribution >= 0.6 is 11.8 Å².